The van der Waals surface area contributed by atoms with Gasteiger partial charge in [0.25, 0.3) is 0 Å². The minimum atomic E-state index is -0.132. The van der Waals surface area contributed by atoms with Crippen LogP contribution >= 0.6 is 0 Å². The van der Waals surface area contributed by atoms with Crippen LogP contribution in [0.4, 0.5) is 5.69 Å². The zero-order valence-corrected chi connectivity index (χ0v) is 6.96. The first-order chi connectivity index (χ1) is 5.74. The molecule has 0 atom stereocenters. The summed E-state index contributed by atoms with van der Waals surface area (Å²) in [7, 11) is 0. The first-order valence-electron chi connectivity index (χ1n) is 3.70. The fraction of sp³-hybridized carbons (Fsp3) is 0.200. The first-order valence-corrected chi connectivity index (χ1v) is 3.70. The van der Waals surface area contributed by atoms with Crippen LogP contribution in [0, 0.1) is 18.8 Å². The Morgan fingerprint density at radius 1 is 1.50 bits per heavy atom. The van der Waals surface area contributed by atoms with Crippen molar-refractivity contribution in [3.63, 3.8) is 0 Å². The average Bonchev–Trinajstić information content (AvgIpc) is 2.07. The van der Waals surface area contributed by atoms with Crippen LogP contribution in [-0.4, -0.2) is 11.7 Å². The molecule has 0 aliphatic heterocycles. The molecule has 12 heavy (non-hydrogen) atoms. The first kappa shape index (κ1) is 8.63. The van der Waals surface area contributed by atoms with E-state index in [1.807, 2.05) is 25.1 Å². The zero-order chi connectivity index (χ0) is 8.97. The maximum Gasteiger partial charge on any atom is 0.104 e. The predicted octanol–water partition coefficient (Wildman–Crippen LogP) is 0.921. The van der Waals surface area contributed by atoms with E-state index in [0.29, 0.717) is 5.69 Å². The minimum absolute atomic E-state index is 0.132. The monoisotopic (exact) mass is 161 g/mol. The van der Waals surface area contributed by atoms with E-state index in [9.17, 15) is 0 Å². The van der Waals surface area contributed by atoms with Gasteiger partial charge < -0.3 is 10.8 Å². The lowest BCUT2D eigenvalue weighted by Gasteiger charge is -1.98. The predicted molar refractivity (Wildman–Crippen MR) is 49.6 cm³/mol. The van der Waals surface area contributed by atoms with Gasteiger partial charge in [-0.05, 0) is 24.6 Å². The average molecular weight is 161 g/mol. The lowest BCUT2D eigenvalue weighted by molar-refractivity contribution is 0.350. The van der Waals surface area contributed by atoms with Crippen molar-refractivity contribution < 1.29 is 5.11 Å². The highest BCUT2D eigenvalue weighted by atomic mass is 16.2. The zero-order valence-electron chi connectivity index (χ0n) is 6.96. The maximum absolute atomic E-state index is 8.47. The molecule has 0 spiro atoms. The summed E-state index contributed by atoms with van der Waals surface area (Å²) in [6.07, 6.45) is 0. The molecule has 0 fully saturated rings. The number of nitrogen functional groups attached to an aromatic ring is 1. The highest BCUT2D eigenvalue weighted by Gasteiger charge is 1.93. The summed E-state index contributed by atoms with van der Waals surface area (Å²) in [5.41, 5.74) is 8.20. The number of rotatable bonds is 0. The van der Waals surface area contributed by atoms with E-state index in [1.54, 1.807) is 0 Å². The number of anilines is 1. The van der Waals surface area contributed by atoms with E-state index in [0.717, 1.165) is 11.1 Å². The van der Waals surface area contributed by atoms with Gasteiger partial charge in [-0.3, -0.25) is 0 Å². The van der Waals surface area contributed by atoms with E-state index in [4.69, 9.17) is 10.8 Å². The summed E-state index contributed by atoms with van der Waals surface area (Å²) in [5, 5.41) is 8.47. The summed E-state index contributed by atoms with van der Waals surface area (Å²) < 4.78 is 0. The normalized spacial score (nSPS) is 8.83. The molecule has 0 aromatic heterocycles. The molecule has 0 radical (unpaired) electrons. The molecule has 2 heteroatoms. The van der Waals surface area contributed by atoms with Gasteiger partial charge in [-0.15, -0.1) is 0 Å². The molecule has 0 unspecified atom stereocenters. The minimum Gasteiger partial charge on any atom is -0.398 e. The topological polar surface area (TPSA) is 46.2 Å². The summed E-state index contributed by atoms with van der Waals surface area (Å²) in [5.74, 6) is 5.34. The lowest BCUT2D eigenvalue weighted by Crippen LogP contribution is -1.90. The second-order valence-electron chi connectivity index (χ2n) is 2.55. The molecule has 1 aromatic rings. The van der Waals surface area contributed by atoms with Gasteiger partial charge in [-0.1, -0.05) is 17.9 Å². The molecule has 2 nitrogen and oxygen atoms in total. The van der Waals surface area contributed by atoms with Crippen LogP contribution in [0.15, 0.2) is 18.2 Å². The van der Waals surface area contributed by atoms with E-state index in [-0.39, 0.29) is 6.61 Å². The van der Waals surface area contributed by atoms with E-state index in [1.165, 1.54) is 0 Å². The van der Waals surface area contributed by atoms with Crippen molar-refractivity contribution in [3.05, 3.63) is 29.3 Å². The van der Waals surface area contributed by atoms with Gasteiger partial charge in [0.2, 0.25) is 0 Å². The fourth-order valence-electron chi connectivity index (χ4n) is 0.913. The van der Waals surface area contributed by atoms with Crippen LogP contribution in [0.2, 0.25) is 0 Å². The van der Waals surface area contributed by atoms with Gasteiger partial charge in [0, 0.05) is 11.3 Å². The molecule has 0 bridgehead atoms. The number of benzene rings is 1. The molecular formula is C10H11NO. The third-order valence-electron chi connectivity index (χ3n) is 1.51. The molecule has 3 N–H and O–H groups in total. The smallest absolute Gasteiger partial charge is 0.104 e. The van der Waals surface area contributed by atoms with Gasteiger partial charge in [0.1, 0.15) is 6.61 Å². The molecule has 1 aromatic carbocycles. The summed E-state index contributed by atoms with van der Waals surface area (Å²) >= 11 is 0. The number of aryl methyl sites for hydroxylation is 1. The van der Waals surface area contributed by atoms with E-state index in [2.05, 4.69) is 11.8 Å². The second-order valence-corrected chi connectivity index (χ2v) is 2.55. The van der Waals surface area contributed by atoms with Crippen molar-refractivity contribution in [1.82, 2.24) is 0 Å². The third kappa shape index (κ3) is 2.01. The van der Waals surface area contributed by atoms with Crippen LogP contribution < -0.4 is 5.73 Å². The van der Waals surface area contributed by atoms with Gasteiger partial charge in [-0.2, -0.15) is 0 Å². The molecule has 0 amide bonds. The Balaban J connectivity index is 3.05. The van der Waals surface area contributed by atoms with Gasteiger partial charge in [-0.25, -0.2) is 0 Å². The Labute approximate surface area is 72.0 Å². The molecule has 0 heterocycles. The standard InChI is InChI=1S/C10H11NO/c1-8-4-5-10(11)9(7-8)3-2-6-12/h4-5,7,12H,6,11H2,1H3. The second kappa shape index (κ2) is 3.80. The molecule has 0 aliphatic rings. The van der Waals surface area contributed by atoms with Gasteiger partial charge >= 0.3 is 0 Å². The summed E-state index contributed by atoms with van der Waals surface area (Å²) in [6, 6.07) is 5.65. The summed E-state index contributed by atoms with van der Waals surface area (Å²) in [6.45, 7) is 1.84. The van der Waals surface area contributed by atoms with E-state index >= 15 is 0 Å². The third-order valence-corrected chi connectivity index (χ3v) is 1.51. The number of hydrogen-bond acceptors (Lipinski definition) is 2. The molecule has 0 saturated heterocycles. The van der Waals surface area contributed by atoms with Crippen molar-refractivity contribution in [2.75, 3.05) is 12.3 Å². The van der Waals surface area contributed by atoms with Crippen molar-refractivity contribution >= 4 is 5.69 Å². The number of nitrogens with two attached hydrogens (primary N) is 1. The molecular weight excluding hydrogens is 150 g/mol. The fourth-order valence-corrected chi connectivity index (χ4v) is 0.913. The Morgan fingerprint density at radius 3 is 2.92 bits per heavy atom. The summed E-state index contributed by atoms with van der Waals surface area (Å²) in [4.78, 5) is 0. The van der Waals surface area contributed by atoms with Crippen LogP contribution in [0.1, 0.15) is 11.1 Å². The SMILES string of the molecule is Cc1ccc(N)c(C#CCO)c1. The van der Waals surface area contributed by atoms with E-state index < -0.39 is 0 Å². The molecule has 0 aliphatic carbocycles. The largest absolute Gasteiger partial charge is 0.398 e. The van der Waals surface area contributed by atoms with Crippen molar-refractivity contribution in [1.29, 1.82) is 0 Å². The van der Waals surface area contributed by atoms with Crippen molar-refractivity contribution in [2.24, 2.45) is 0 Å². The lowest BCUT2D eigenvalue weighted by atomic mass is 10.1. The Morgan fingerprint density at radius 2 is 2.25 bits per heavy atom. The number of aliphatic hydroxyl groups is 1. The van der Waals surface area contributed by atoms with Gasteiger partial charge in [0.15, 0.2) is 0 Å². The van der Waals surface area contributed by atoms with Crippen LogP contribution in [0.25, 0.3) is 0 Å². The van der Waals surface area contributed by atoms with Gasteiger partial charge in [0.05, 0.1) is 0 Å². The van der Waals surface area contributed by atoms with Crippen molar-refractivity contribution in [2.45, 2.75) is 6.92 Å². The Kier molecular flexibility index (Phi) is 2.73. The number of hydrogen-bond donors (Lipinski definition) is 2. The molecule has 62 valence electrons. The Hall–Kier alpha value is -1.46. The molecule has 1 rings (SSSR count). The van der Waals surface area contributed by atoms with Crippen LogP contribution in [0.5, 0.6) is 0 Å². The maximum atomic E-state index is 8.47. The molecule has 0 saturated carbocycles. The number of aliphatic hydroxyl groups excluding tert-OH is 1. The highest BCUT2D eigenvalue weighted by molar-refractivity contribution is 5.56. The highest BCUT2D eigenvalue weighted by Crippen LogP contribution is 2.11. The van der Waals surface area contributed by atoms with Crippen molar-refractivity contribution in [3.8, 4) is 11.8 Å². The quantitative estimate of drug-likeness (QED) is 0.439. The van der Waals surface area contributed by atoms with Crippen LogP contribution in [-0.2, 0) is 0 Å². The Bertz CT molecular complexity index is 333. The van der Waals surface area contributed by atoms with Crippen LogP contribution in [0.3, 0.4) is 0 Å².